The van der Waals surface area contributed by atoms with Crippen molar-refractivity contribution < 1.29 is 4.42 Å². The first-order valence-electron chi connectivity index (χ1n) is 15.4. The average Bonchev–Trinajstić information content (AvgIpc) is 3.69. The summed E-state index contributed by atoms with van der Waals surface area (Å²) in [6.45, 7) is 0. The lowest BCUT2D eigenvalue weighted by atomic mass is 10.1. The van der Waals surface area contributed by atoms with Crippen molar-refractivity contribution >= 4 is 87.6 Å². The van der Waals surface area contributed by atoms with Crippen LogP contribution in [0.5, 0.6) is 0 Å². The second-order valence-corrected chi connectivity index (χ2v) is 12.4. The zero-order valence-electron chi connectivity index (χ0n) is 24.9. The SMILES string of the molecule is c1ccc(N(c2ccccc2)c2cccc3c2oc2c(N(c4ccccc4)c4ccc5c(c4)sc4ccccc45)cccc23)cc1. The topological polar surface area (TPSA) is 19.6 Å². The summed E-state index contributed by atoms with van der Waals surface area (Å²) in [5, 5.41) is 4.75. The van der Waals surface area contributed by atoms with Gasteiger partial charge in [0.1, 0.15) is 0 Å². The van der Waals surface area contributed by atoms with E-state index in [1.54, 1.807) is 0 Å². The molecule has 0 N–H and O–H groups in total. The van der Waals surface area contributed by atoms with Crippen LogP contribution in [-0.4, -0.2) is 0 Å². The van der Waals surface area contributed by atoms with Crippen LogP contribution < -0.4 is 9.80 Å². The van der Waals surface area contributed by atoms with E-state index in [0.29, 0.717) is 0 Å². The Hall–Kier alpha value is -5.84. The maximum Gasteiger partial charge on any atom is 0.159 e. The molecule has 0 unspecified atom stereocenters. The molecule has 0 fully saturated rings. The molecule has 218 valence electrons. The van der Waals surface area contributed by atoms with Gasteiger partial charge in [0.2, 0.25) is 0 Å². The summed E-state index contributed by atoms with van der Waals surface area (Å²) in [4.78, 5) is 4.59. The predicted molar refractivity (Wildman–Crippen MR) is 196 cm³/mol. The molecule has 2 aromatic heterocycles. The van der Waals surface area contributed by atoms with Gasteiger partial charge in [-0.05, 0) is 66.7 Å². The van der Waals surface area contributed by atoms with Crippen LogP contribution >= 0.6 is 11.3 Å². The van der Waals surface area contributed by atoms with Gasteiger partial charge >= 0.3 is 0 Å². The molecule has 0 aliphatic carbocycles. The number of rotatable bonds is 6. The molecular weight excluding hydrogens is 581 g/mol. The summed E-state index contributed by atoms with van der Waals surface area (Å²) in [6, 6.07) is 59.9. The van der Waals surface area contributed by atoms with E-state index in [4.69, 9.17) is 4.42 Å². The fourth-order valence-electron chi connectivity index (χ4n) is 6.58. The lowest BCUT2D eigenvalue weighted by molar-refractivity contribution is 0.669. The van der Waals surface area contributed by atoms with Gasteiger partial charge in [-0.25, -0.2) is 0 Å². The van der Waals surface area contributed by atoms with Crippen LogP contribution in [0.2, 0.25) is 0 Å². The van der Waals surface area contributed by atoms with Gasteiger partial charge in [-0.1, -0.05) is 103 Å². The van der Waals surface area contributed by atoms with Crippen LogP contribution in [0.3, 0.4) is 0 Å². The molecule has 46 heavy (non-hydrogen) atoms. The number of nitrogens with zero attached hydrogens (tertiary/aromatic N) is 2. The smallest absolute Gasteiger partial charge is 0.159 e. The Morgan fingerprint density at radius 2 is 0.804 bits per heavy atom. The Balaban J connectivity index is 1.28. The lowest BCUT2D eigenvalue weighted by Gasteiger charge is -2.26. The highest BCUT2D eigenvalue weighted by atomic mass is 32.1. The summed E-state index contributed by atoms with van der Waals surface area (Å²) < 4.78 is 9.58. The summed E-state index contributed by atoms with van der Waals surface area (Å²) in [5.41, 5.74) is 8.01. The Kier molecular flexibility index (Phi) is 6.32. The molecule has 2 heterocycles. The molecule has 0 saturated heterocycles. The van der Waals surface area contributed by atoms with Crippen LogP contribution in [0, 0.1) is 0 Å². The van der Waals surface area contributed by atoms with Crippen molar-refractivity contribution in [3.63, 3.8) is 0 Å². The van der Waals surface area contributed by atoms with Crippen LogP contribution in [0.15, 0.2) is 174 Å². The number of anilines is 6. The minimum absolute atomic E-state index is 0.852. The predicted octanol–water partition coefficient (Wildman–Crippen LogP) is 12.9. The standard InChI is InChI=1S/C42H28N2OS/c1-4-14-29(15-5-1)43(30-16-6-2-7-17-30)37-23-12-21-35-36-22-13-24-38(42(36)45-41(35)37)44(31-18-8-3-9-19-31)32-26-27-34-33-20-10-11-25-39(33)46-40(34)28-32/h1-28H. The van der Waals surface area contributed by atoms with Gasteiger partial charge in [0, 0.05) is 53.7 Å². The van der Waals surface area contributed by atoms with Crippen LogP contribution in [0.25, 0.3) is 42.1 Å². The van der Waals surface area contributed by atoms with Crippen LogP contribution in [0.4, 0.5) is 34.1 Å². The molecular formula is C42H28N2OS. The van der Waals surface area contributed by atoms with Crippen molar-refractivity contribution in [2.45, 2.75) is 0 Å². The van der Waals surface area contributed by atoms with E-state index in [1.807, 2.05) is 11.3 Å². The van der Waals surface area contributed by atoms with Crippen molar-refractivity contribution in [2.75, 3.05) is 9.80 Å². The summed E-state index contributed by atoms with van der Waals surface area (Å²) >= 11 is 1.84. The Morgan fingerprint density at radius 3 is 1.37 bits per heavy atom. The van der Waals surface area contributed by atoms with Gasteiger partial charge in [-0.3, -0.25) is 0 Å². The Bertz CT molecular complexity index is 2440. The summed E-state index contributed by atoms with van der Waals surface area (Å²) in [6.07, 6.45) is 0. The maximum atomic E-state index is 7.02. The van der Waals surface area contributed by atoms with Crippen molar-refractivity contribution in [1.82, 2.24) is 0 Å². The van der Waals surface area contributed by atoms with E-state index in [0.717, 1.165) is 56.1 Å². The third-order valence-corrected chi connectivity index (χ3v) is 9.76. The largest absolute Gasteiger partial charge is 0.452 e. The van der Waals surface area contributed by atoms with Gasteiger partial charge in [0.05, 0.1) is 11.4 Å². The summed E-state index contributed by atoms with van der Waals surface area (Å²) in [5.74, 6) is 0. The molecule has 3 nitrogen and oxygen atoms in total. The third kappa shape index (κ3) is 4.34. The molecule has 7 aromatic carbocycles. The average molecular weight is 609 g/mol. The first-order valence-corrected chi connectivity index (χ1v) is 16.3. The van der Waals surface area contributed by atoms with Gasteiger partial charge in [-0.15, -0.1) is 11.3 Å². The molecule has 0 spiro atoms. The molecule has 4 heteroatoms. The molecule has 9 aromatic rings. The van der Waals surface area contributed by atoms with Crippen LogP contribution in [0.1, 0.15) is 0 Å². The first kappa shape index (κ1) is 26.6. The Labute approximate surface area is 270 Å². The number of fused-ring (bicyclic) bond motifs is 6. The normalized spacial score (nSPS) is 11.5. The second kappa shape index (κ2) is 11.0. The van der Waals surface area contributed by atoms with E-state index >= 15 is 0 Å². The van der Waals surface area contributed by atoms with E-state index in [9.17, 15) is 0 Å². The number of benzene rings is 7. The zero-order valence-corrected chi connectivity index (χ0v) is 25.7. The van der Waals surface area contributed by atoms with Crippen molar-refractivity contribution in [1.29, 1.82) is 0 Å². The number of thiophene rings is 1. The number of para-hydroxylation sites is 5. The van der Waals surface area contributed by atoms with Gasteiger partial charge < -0.3 is 14.2 Å². The lowest BCUT2D eigenvalue weighted by Crippen LogP contribution is -2.10. The molecule has 0 radical (unpaired) electrons. The number of hydrogen-bond acceptors (Lipinski definition) is 4. The minimum atomic E-state index is 0.852. The molecule has 0 aliphatic rings. The van der Waals surface area contributed by atoms with Gasteiger partial charge in [0.15, 0.2) is 11.2 Å². The van der Waals surface area contributed by atoms with E-state index < -0.39 is 0 Å². The van der Waals surface area contributed by atoms with Crippen molar-refractivity contribution in [3.8, 4) is 0 Å². The summed E-state index contributed by atoms with van der Waals surface area (Å²) in [7, 11) is 0. The quantitative estimate of drug-likeness (QED) is 0.187. The highest BCUT2D eigenvalue weighted by molar-refractivity contribution is 7.25. The number of furan rings is 1. The molecule has 9 rings (SSSR count). The molecule has 0 aliphatic heterocycles. The molecule has 0 atom stereocenters. The maximum absolute atomic E-state index is 7.02. The van der Waals surface area contributed by atoms with E-state index in [1.165, 1.54) is 20.2 Å². The second-order valence-electron chi connectivity index (χ2n) is 11.4. The zero-order chi connectivity index (χ0) is 30.5. The van der Waals surface area contributed by atoms with E-state index in [-0.39, 0.29) is 0 Å². The first-order chi connectivity index (χ1) is 22.8. The highest BCUT2D eigenvalue weighted by Gasteiger charge is 2.23. The molecule has 0 amide bonds. The molecule has 0 saturated carbocycles. The molecule has 0 bridgehead atoms. The minimum Gasteiger partial charge on any atom is -0.452 e. The highest BCUT2D eigenvalue weighted by Crippen LogP contribution is 2.47. The van der Waals surface area contributed by atoms with Crippen molar-refractivity contribution in [2.24, 2.45) is 0 Å². The fraction of sp³-hybridized carbons (Fsp3) is 0. The Morgan fingerprint density at radius 1 is 0.348 bits per heavy atom. The van der Waals surface area contributed by atoms with Crippen molar-refractivity contribution in [3.05, 3.63) is 170 Å². The van der Waals surface area contributed by atoms with Gasteiger partial charge in [0.25, 0.3) is 0 Å². The van der Waals surface area contributed by atoms with Crippen LogP contribution in [-0.2, 0) is 0 Å². The van der Waals surface area contributed by atoms with E-state index in [2.05, 4.69) is 180 Å². The third-order valence-electron chi connectivity index (χ3n) is 8.63. The fourth-order valence-corrected chi connectivity index (χ4v) is 7.72. The van der Waals surface area contributed by atoms with Gasteiger partial charge in [-0.2, -0.15) is 0 Å². The monoisotopic (exact) mass is 608 g/mol. The number of hydrogen-bond donors (Lipinski definition) is 0.